The highest BCUT2D eigenvalue weighted by atomic mass is 32.1. The Hall–Kier alpha value is -4.95. The summed E-state index contributed by atoms with van der Waals surface area (Å²) in [6.07, 6.45) is 1.79. The summed E-state index contributed by atoms with van der Waals surface area (Å²) in [5, 5.41) is 13.7. The zero-order chi connectivity index (χ0) is 28.5. The number of nitrogens with zero attached hydrogens (tertiary/aromatic N) is 3. The zero-order valence-corrected chi connectivity index (χ0v) is 23.4. The van der Waals surface area contributed by atoms with E-state index in [9.17, 15) is 9.90 Å². The van der Waals surface area contributed by atoms with Crippen LogP contribution in [0.3, 0.4) is 0 Å². The van der Waals surface area contributed by atoms with E-state index in [1.165, 1.54) is 0 Å². The molecule has 41 heavy (non-hydrogen) atoms. The number of aromatic nitrogens is 2. The highest BCUT2D eigenvalue weighted by molar-refractivity contribution is 7.80. The number of hydrogen-bond acceptors (Lipinski definition) is 4. The van der Waals surface area contributed by atoms with Crippen molar-refractivity contribution in [3.8, 4) is 17.2 Å². The third-order valence-electron chi connectivity index (χ3n) is 7.33. The standard InChI is InChI=1S/C33H28N4O3S/c1-21-19-28(22(2)36(21)25-10-8-9-23(20-25)32(38)39)31-30(29-13-6-7-18-34-29)35-33(41)37(31)24-14-16-27(17-15-24)40-26-11-4-3-5-12-26/h3-20,30-31H,1-2H3,(H,35,41)(H,38,39)/t30-,31+/m0/s1. The lowest BCUT2D eigenvalue weighted by atomic mass is 9.96. The van der Waals surface area contributed by atoms with Gasteiger partial charge in [0.1, 0.15) is 11.5 Å². The molecule has 3 heterocycles. The number of carboxylic acid groups (broad SMARTS) is 1. The predicted molar refractivity (Wildman–Crippen MR) is 163 cm³/mol. The number of thiocarbonyl (C=S) groups is 1. The van der Waals surface area contributed by atoms with Gasteiger partial charge in [-0.1, -0.05) is 30.3 Å². The minimum Gasteiger partial charge on any atom is -0.478 e. The fraction of sp³-hybridized carbons (Fsp3) is 0.121. The third kappa shape index (κ3) is 5.05. The van der Waals surface area contributed by atoms with Gasteiger partial charge >= 0.3 is 5.97 Å². The van der Waals surface area contributed by atoms with Gasteiger partial charge in [-0.25, -0.2) is 4.79 Å². The highest BCUT2D eigenvalue weighted by Gasteiger charge is 2.42. The fourth-order valence-electron chi connectivity index (χ4n) is 5.51. The first kappa shape index (κ1) is 26.3. The molecule has 1 aliphatic rings. The van der Waals surface area contributed by atoms with E-state index in [2.05, 4.69) is 32.8 Å². The number of aromatic carboxylic acids is 1. The maximum Gasteiger partial charge on any atom is 0.335 e. The molecule has 5 aromatic rings. The van der Waals surface area contributed by atoms with Crippen molar-refractivity contribution in [2.45, 2.75) is 25.9 Å². The summed E-state index contributed by atoms with van der Waals surface area (Å²) in [6.45, 7) is 4.09. The lowest BCUT2D eigenvalue weighted by molar-refractivity contribution is 0.0697. The van der Waals surface area contributed by atoms with Crippen LogP contribution in [-0.2, 0) is 0 Å². The second-order valence-electron chi connectivity index (χ2n) is 9.92. The lowest BCUT2D eigenvalue weighted by Gasteiger charge is -2.28. The number of carbonyl (C=O) groups is 1. The summed E-state index contributed by atoms with van der Waals surface area (Å²) in [6, 6.07) is 32.2. The number of benzene rings is 3. The Bertz CT molecular complexity index is 1720. The van der Waals surface area contributed by atoms with Crippen LogP contribution in [0.5, 0.6) is 11.5 Å². The average molecular weight is 561 g/mol. The summed E-state index contributed by atoms with van der Waals surface area (Å²) in [7, 11) is 0. The second-order valence-corrected chi connectivity index (χ2v) is 10.3. The van der Waals surface area contributed by atoms with Crippen LogP contribution in [0.2, 0.25) is 0 Å². The Kier molecular flexibility index (Phi) is 6.99. The van der Waals surface area contributed by atoms with Gasteiger partial charge in [-0.2, -0.15) is 0 Å². The van der Waals surface area contributed by atoms with Crippen LogP contribution in [0, 0.1) is 13.8 Å². The van der Waals surface area contributed by atoms with Crippen LogP contribution in [0.1, 0.15) is 45.1 Å². The molecule has 2 aromatic heterocycles. The summed E-state index contributed by atoms with van der Waals surface area (Å²) in [4.78, 5) is 18.5. The zero-order valence-electron chi connectivity index (χ0n) is 22.6. The Labute approximate surface area is 243 Å². The smallest absolute Gasteiger partial charge is 0.335 e. The number of aryl methyl sites for hydroxylation is 1. The largest absolute Gasteiger partial charge is 0.478 e. The van der Waals surface area contributed by atoms with Crippen molar-refractivity contribution < 1.29 is 14.6 Å². The monoisotopic (exact) mass is 560 g/mol. The van der Waals surface area contributed by atoms with Gasteiger partial charge in [0.15, 0.2) is 5.11 Å². The average Bonchev–Trinajstić information content (AvgIpc) is 3.49. The van der Waals surface area contributed by atoms with Crippen LogP contribution in [0.15, 0.2) is 109 Å². The maximum atomic E-state index is 11.7. The number of para-hydroxylation sites is 1. The summed E-state index contributed by atoms with van der Waals surface area (Å²) in [5.74, 6) is 0.541. The minimum absolute atomic E-state index is 0.205. The first-order valence-corrected chi connectivity index (χ1v) is 13.7. The van der Waals surface area contributed by atoms with E-state index in [0.717, 1.165) is 45.5 Å². The van der Waals surface area contributed by atoms with Gasteiger partial charge in [-0.3, -0.25) is 4.98 Å². The first-order chi connectivity index (χ1) is 19.9. The van der Waals surface area contributed by atoms with E-state index >= 15 is 0 Å². The Morgan fingerprint density at radius 3 is 2.32 bits per heavy atom. The summed E-state index contributed by atoms with van der Waals surface area (Å²) in [5.41, 5.74) is 5.89. The minimum atomic E-state index is -0.957. The topological polar surface area (TPSA) is 79.6 Å². The fourth-order valence-corrected chi connectivity index (χ4v) is 5.86. The quantitative estimate of drug-likeness (QED) is 0.205. The van der Waals surface area contributed by atoms with Gasteiger partial charge in [-0.15, -0.1) is 0 Å². The van der Waals surface area contributed by atoms with Crippen molar-refractivity contribution in [1.29, 1.82) is 0 Å². The predicted octanol–water partition coefficient (Wildman–Crippen LogP) is 7.16. The van der Waals surface area contributed by atoms with Crippen LogP contribution in [0.4, 0.5) is 5.69 Å². The van der Waals surface area contributed by atoms with E-state index in [4.69, 9.17) is 17.0 Å². The van der Waals surface area contributed by atoms with Gasteiger partial charge in [0, 0.05) is 29.0 Å². The molecule has 2 N–H and O–H groups in total. The highest BCUT2D eigenvalue weighted by Crippen LogP contribution is 2.44. The maximum absolute atomic E-state index is 11.7. The molecular weight excluding hydrogens is 532 g/mol. The second kappa shape index (κ2) is 10.9. The summed E-state index contributed by atoms with van der Waals surface area (Å²) >= 11 is 5.92. The van der Waals surface area contributed by atoms with Crippen molar-refractivity contribution in [3.63, 3.8) is 0 Å². The van der Waals surface area contributed by atoms with E-state index < -0.39 is 5.97 Å². The Morgan fingerprint density at radius 2 is 1.61 bits per heavy atom. The molecular formula is C33H28N4O3S. The molecule has 1 saturated heterocycles. The Balaban J connectivity index is 1.42. The number of pyridine rings is 1. The molecule has 8 heteroatoms. The molecule has 1 aliphatic heterocycles. The number of carboxylic acids is 1. The number of ether oxygens (including phenoxy) is 1. The van der Waals surface area contributed by atoms with Crippen LogP contribution < -0.4 is 15.0 Å². The molecule has 204 valence electrons. The molecule has 0 bridgehead atoms. The lowest BCUT2D eigenvalue weighted by Crippen LogP contribution is -2.29. The van der Waals surface area contributed by atoms with Gasteiger partial charge in [0.05, 0.1) is 23.3 Å². The van der Waals surface area contributed by atoms with Crippen molar-refractivity contribution >= 4 is 29.0 Å². The Morgan fingerprint density at radius 1 is 0.878 bits per heavy atom. The van der Waals surface area contributed by atoms with Crippen molar-refractivity contribution in [2.75, 3.05) is 4.90 Å². The van der Waals surface area contributed by atoms with Crippen LogP contribution >= 0.6 is 12.2 Å². The molecule has 3 aromatic carbocycles. The number of nitrogens with one attached hydrogen (secondary N) is 1. The normalized spacial score (nSPS) is 16.4. The van der Waals surface area contributed by atoms with Crippen molar-refractivity contribution in [2.24, 2.45) is 0 Å². The van der Waals surface area contributed by atoms with E-state index in [1.54, 1.807) is 24.4 Å². The molecule has 7 nitrogen and oxygen atoms in total. The molecule has 0 aliphatic carbocycles. The van der Waals surface area contributed by atoms with Crippen LogP contribution in [0.25, 0.3) is 5.69 Å². The number of anilines is 1. The molecule has 2 atom stereocenters. The number of hydrogen-bond donors (Lipinski definition) is 2. The molecule has 0 spiro atoms. The third-order valence-corrected chi connectivity index (χ3v) is 7.65. The van der Waals surface area contributed by atoms with Crippen molar-refractivity contribution in [1.82, 2.24) is 14.9 Å². The van der Waals surface area contributed by atoms with Crippen molar-refractivity contribution in [3.05, 3.63) is 138 Å². The van der Waals surface area contributed by atoms with Gasteiger partial charge in [0.25, 0.3) is 0 Å². The molecule has 6 rings (SSSR count). The first-order valence-electron chi connectivity index (χ1n) is 13.3. The molecule has 0 saturated carbocycles. The molecule has 1 fully saturated rings. The van der Waals surface area contributed by atoms with E-state index in [-0.39, 0.29) is 17.6 Å². The van der Waals surface area contributed by atoms with E-state index in [1.807, 2.05) is 85.8 Å². The molecule has 0 amide bonds. The van der Waals surface area contributed by atoms with Gasteiger partial charge in [-0.05, 0) is 104 Å². The van der Waals surface area contributed by atoms with Gasteiger partial charge < -0.3 is 24.6 Å². The summed E-state index contributed by atoms with van der Waals surface area (Å²) < 4.78 is 8.11. The number of rotatable bonds is 7. The van der Waals surface area contributed by atoms with E-state index in [0.29, 0.717) is 5.11 Å². The SMILES string of the molecule is Cc1cc([C@@H]2[C@H](c3ccccn3)NC(=S)N2c2ccc(Oc3ccccc3)cc2)c(C)n1-c1cccc(C(=O)O)c1. The van der Waals surface area contributed by atoms with Gasteiger partial charge in [0.2, 0.25) is 0 Å². The molecule has 0 radical (unpaired) electrons. The van der Waals surface area contributed by atoms with Crippen LogP contribution in [-0.4, -0.2) is 25.7 Å². The molecule has 0 unspecified atom stereocenters.